The highest BCUT2D eigenvalue weighted by Crippen LogP contribution is 2.40. The lowest BCUT2D eigenvalue weighted by molar-refractivity contribution is -0.150. The summed E-state index contributed by atoms with van der Waals surface area (Å²) in [5.74, 6) is -4.27. The Hall–Kier alpha value is -4.30. The molecular formula is C25H23N3O7S. The largest absolute Gasteiger partial charge is 0.497 e. The molecule has 2 aromatic rings. The summed E-state index contributed by atoms with van der Waals surface area (Å²) in [6.45, 7) is 0. The van der Waals surface area contributed by atoms with Crippen molar-refractivity contribution >= 4 is 41.2 Å². The third-order valence-corrected chi connectivity index (χ3v) is 6.39. The predicted molar refractivity (Wildman–Crippen MR) is 131 cm³/mol. The first-order valence-electron chi connectivity index (χ1n) is 10.6. The van der Waals surface area contributed by atoms with Crippen molar-refractivity contribution in [1.82, 2.24) is 5.32 Å². The number of hydrogen-bond acceptors (Lipinski definition) is 9. The van der Waals surface area contributed by atoms with Crippen LogP contribution in [0.5, 0.6) is 5.75 Å². The molecule has 0 unspecified atom stereocenters. The molecule has 2 amide bonds. The molecule has 10 nitrogen and oxygen atoms in total. The zero-order valence-corrected chi connectivity index (χ0v) is 20.5. The van der Waals surface area contributed by atoms with Gasteiger partial charge in [0.25, 0.3) is 0 Å². The Labute approximate surface area is 211 Å². The molecule has 0 fully saturated rings. The van der Waals surface area contributed by atoms with Crippen LogP contribution in [0.25, 0.3) is 0 Å². The van der Waals surface area contributed by atoms with E-state index in [0.717, 1.165) is 18.9 Å². The van der Waals surface area contributed by atoms with E-state index in [1.165, 1.54) is 26.4 Å². The van der Waals surface area contributed by atoms with Crippen LogP contribution in [0.3, 0.4) is 0 Å². The van der Waals surface area contributed by atoms with E-state index in [4.69, 9.17) is 14.2 Å². The zero-order chi connectivity index (χ0) is 26.2. The SMILES string of the molecule is COC(=O)c1ccc([C@@H]2C(C#N)=C(SCC(=O)Nc3cccc(OC)c3)NC(=O)[C@H]2C(=O)OC)cc1. The zero-order valence-electron chi connectivity index (χ0n) is 19.7. The van der Waals surface area contributed by atoms with Crippen molar-refractivity contribution in [2.75, 3.05) is 32.4 Å². The minimum atomic E-state index is -1.33. The number of carbonyl (C=O) groups excluding carboxylic acids is 4. The second-order valence-electron chi connectivity index (χ2n) is 7.50. The van der Waals surface area contributed by atoms with Crippen LogP contribution in [0, 0.1) is 17.2 Å². The highest BCUT2D eigenvalue weighted by Gasteiger charge is 2.44. The summed E-state index contributed by atoms with van der Waals surface area (Å²) in [6, 6.07) is 14.9. The molecule has 2 N–H and O–H groups in total. The fourth-order valence-corrected chi connectivity index (χ4v) is 4.51. The molecule has 186 valence electrons. The summed E-state index contributed by atoms with van der Waals surface area (Å²) < 4.78 is 14.7. The van der Waals surface area contributed by atoms with Gasteiger partial charge in [0.15, 0.2) is 0 Å². The Kier molecular flexibility index (Phi) is 8.70. The van der Waals surface area contributed by atoms with Crippen LogP contribution in [0.2, 0.25) is 0 Å². The van der Waals surface area contributed by atoms with Crippen molar-refractivity contribution in [3.8, 4) is 11.8 Å². The van der Waals surface area contributed by atoms with E-state index in [1.54, 1.807) is 36.4 Å². The minimum absolute atomic E-state index is 0.0926. The predicted octanol–water partition coefficient (Wildman–Crippen LogP) is 2.59. The second-order valence-corrected chi connectivity index (χ2v) is 8.49. The fourth-order valence-electron chi connectivity index (χ4n) is 3.66. The summed E-state index contributed by atoms with van der Waals surface area (Å²) >= 11 is 0.958. The highest BCUT2D eigenvalue weighted by molar-refractivity contribution is 8.03. The topological polar surface area (TPSA) is 144 Å². The van der Waals surface area contributed by atoms with Crippen LogP contribution in [0.1, 0.15) is 21.8 Å². The molecule has 0 saturated heterocycles. The number of hydrogen-bond donors (Lipinski definition) is 2. The number of ether oxygens (including phenoxy) is 3. The number of rotatable bonds is 8. The van der Waals surface area contributed by atoms with Crippen molar-refractivity contribution in [3.05, 3.63) is 70.3 Å². The Morgan fingerprint density at radius 3 is 2.42 bits per heavy atom. The van der Waals surface area contributed by atoms with Crippen LogP contribution in [-0.4, -0.2) is 50.8 Å². The van der Waals surface area contributed by atoms with Crippen LogP contribution in [-0.2, 0) is 23.9 Å². The molecule has 0 bridgehead atoms. The molecule has 1 aliphatic rings. The highest BCUT2D eigenvalue weighted by atomic mass is 32.2. The number of nitrogens with zero attached hydrogens (tertiary/aromatic N) is 1. The van der Waals surface area contributed by atoms with Gasteiger partial charge < -0.3 is 24.8 Å². The number of allylic oxidation sites excluding steroid dienone is 1. The average molecular weight is 510 g/mol. The Balaban J connectivity index is 1.89. The molecule has 0 aliphatic carbocycles. The molecule has 2 aromatic carbocycles. The van der Waals surface area contributed by atoms with E-state index in [9.17, 15) is 24.4 Å². The number of methoxy groups -OCH3 is 3. The molecule has 3 rings (SSSR count). The lowest BCUT2D eigenvalue weighted by Gasteiger charge is -2.31. The quantitative estimate of drug-likeness (QED) is 0.405. The summed E-state index contributed by atoms with van der Waals surface area (Å²) in [6.07, 6.45) is 0. The first-order valence-corrected chi connectivity index (χ1v) is 11.6. The first-order chi connectivity index (χ1) is 17.3. The lowest BCUT2D eigenvalue weighted by Crippen LogP contribution is -2.44. The molecule has 11 heteroatoms. The van der Waals surface area contributed by atoms with Gasteiger partial charge in [0.1, 0.15) is 11.7 Å². The monoisotopic (exact) mass is 509 g/mol. The van der Waals surface area contributed by atoms with Gasteiger partial charge in [-0.3, -0.25) is 14.4 Å². The van der Waals surface area contributed by atoms with Crippen molar-refractivity contribution in [2.24, 2.45) is 5.92 Å². The van der Waals surface area contributed by atoms with E-state index in [0.29, 0.717) is 17.0 Å². The standard InChI is InChI=1S/C25H23N3O7S/c1-33-17-6-4-5-16(11-17)27-19(29)13-36-23-18(12-26)20(21(22(30)28-23)25(32)35-3)14-7-9-15(10-8-14)24(31)34-2/h4-11,20-21H,13H2,1-3H3,(H,27,29)(H,28,30)/t20-,21+/m1/s1. The lowest BCUT2D eigenvalue weighted by atomic mass is 9.78. The molecule has 0 saturated carbocycles. The van der Waals surface area contributed by atoms with Crippen LogP contribution in [0.4, 0.5) is 5.69 Å². The number of amides is 2. The number of carbonyl (C=O) groups is 4. The number of thioether (sulfide) groups is 1. The second kappa shape index (κ2) is 11.9. The maximum Gasteiger partial charge on any atom is 0.337 e. The number of benzene rings is 2. The smallest absolute Gasteiger partial charge is 0.337 e. The van der Waals surface area contributed by atoms with E-state index in [2.05, 4.69) is 16.7 Å². The maximum atomic E-state index is 12.9. The number of esters is 2. The fraction of sp³-hybridized carbons (Fsp3) is 0.240. The van der Waals surface area contributed by atoms with Crippen molar-refractivity contribution in [2.45, 2.75) is 5.92 Å². The maximum absolute atomic E-state index is 12.9. The van der Waals surface area contributed by atoms with E-state index < -0.39 is 29.7 Å². The van der Waals surface area contributed by atoms with Crippen molar-refractivity contribution in [1.29, 1.82) is 5.26 Å². The van der Waals surface area contributed by atoms with Gasteiger partial charge in [0.2, 0.25) is 11.8 Å². The van der Waals surface area contributed by atoms with Gasteiger partial charge in [0, 0.05) is 17.7 Å². The Morgan fingerprint density at radius 2 is 1.81 bits per heavy atom. The summed E-state index contributed by atoms with van der Waals surface area (Å²) in [4.78, 5) is 49.7. The van der Waals surface area contributed by atoms with Gasteiger partial charge in [-0.05, 0) is 29.8 Å². The summed E-state index contributed by atoms with van der Waals surface area (Å²) in [7, 11) is 3.91. The van der Waals surface area contributed by atoms with Gasteiger partial charge in [-0.25, -0.2) is 4.79 Å². The third-order valence-electron chi connectivity index (χ3n) is 5.38. The van der Waals surface area contributed by atoms with Gasteiger partial charge >= 0.3 is 11.9 Å². The Bertz CT molecular complexity index is 1250. The molecule has 36 heavy (non-hydrogen) atoms. The van der Waals surface area contributed by atoms with Gasteiger partial charge in [-0.1, -0.05) is 30.0 Å². The number of anilines is 1. The molecule has 0 spiro atoms. The van der Waals surface area contributed by atoms with E-state index >= 15 is 0 Å². The van der Waals surface area contributed by atoms with Crippen molar-refractivity contribution < 1.29 is 33.4 Å². The summed E-state index contributed by atoms with van der Waals surface area (Å²) in [5.41, 5.74) is 1.33. The van der Waals surface area contributed by atoms with Crippen LogP contribution >= 0.6 is 11.8 Å². The third kappa shape index (κ3) is 5.84. The van der Waals surface area contributed by atoms with Crippen LogP contribution < -0.4 is 15.4 Å². The molecule has 0 aromatic heterocycles. The van der Waals surface area contributed by atoms with E-state index in [-0.39, 0.29) is 27.8 Å². The molecule has 1 heterocycles. The molecular weight excluding hydrogens is 486 g/mol. The number of nitriles is 1. The van der Waals surface area contributed by atoms with Crippen LogP contribution in [0.15, 0.2) is 59.1 Å². The summed E-state index contributed by atoms with van der Waals surface area (Å²) in [5, 5.41) is 15.4. The van der Waals surface area contributed by atoms with Crippen molar-refractivity contribution in [3.63, 3.8) is 0 Å². The average Bonchev–Trinajstić information content (AvgIpc) is 2.90. The van der Waals surface area contributed by atoms with E-state index in [1.807, 2.05) is 0 Å². The molecule has 0 radical (unpaired) electrons. The Morgan fingerprint density at radius 1 is 1.08 bits per heavy atom. The van der Waals surface area contributed by atoms with Gasteiger partial charge in [0.05, 0.1) is 49.3 Å². The molecule has 1 aliphatic heterocycles. The normalized spacial score (nSPS) is 16.9. The first kappa shape index (κ1) is 26.3. The van der Waals surface area contributed by atoms with Gasteiger partial charge in [-0.2, -0.15) is 5.26 Å². The van der Waals surface area contributed by atoms with Gasteiger partial charge in [-0.15, -0.1) is 0 Å². The molecule has 2 atom stereocenters. The minimum Gasteiger partial charge on any atom is -0.497 e. The number of nitrogens with one attached hydrogen (secondary N) is 2.